The Hall–Kier alpha value is 1.38. The van der Waals surface area contributed by atoms with Crippen molar-refractivity contribution >= 4 is 86.2 Å². The summed E-state index contributed by atoms with van der Waals surface area (Å²) in [4.78, 5) is 19.4. The monoisotopic (exact) mass is 860 g/mol. The third-order valence-electron chi connectivity index (χ3n) is 1.99. The summed E-state index contributed by atoms with van der Waals surface area (Å²) >= 11 is 7.64. The summed E-state index contributed by atoms with van der Waals surface area (Å²) in [5.41, 5.74) is 0. The minimum absolute atomic E-state index is 0.0417. The van der Waals surface area contributed by atoms with E-state index in [1.807, 2.05) is 6.92 Å². The average Bonchev–Trinajstić information content (AvgIpc) is 2.58. The molecule has 0 heterocycles. The van der Waals surface area contributed by atoms with Crippen molar-refractivity contribution in [2.75, 3.05) is 6.26 Å². The molecule has 0 amide bonds. The van der Waals surface area contributed by atoms with Crippen molar-refractivity contribution in [1.29, 1.82) is 0 Å². The van der Waals surface area contributed by atoms with Gasteiger partial charge in [0.25, 0.3) is 0 Å². The van der Waals surface area contributed by atoms with Crippen molar-refractivity contribution in [3.63, 3.8) is 0 Å². The zero-order valence-corrected chi connectivity index (χ0v) is 25.8. The van der Waals surface area contributed by atoms with E-state index >= 15 is 0 Å². The molecule has 0 rings (SSSR count). The van der Waals surface area contributed by atoms with Crippen LogP contribution in [0, 0.1) is 6.92 Å². The van der Waals surface area contributed by atoms with Gasteiger partial charge in [0, 0.05) is 16.1 Å². The van der Waals surface area contributed by atoms with Crippen LogP contribution < -0.4 is 0 Å². The van der Waals surface area contributed by atoms with E-state index in [4.69, 9.17) is 10.2 Å². The fraction of sp³-hybridized carbons (Fsp3) is 0.688. The fourth-order valence-corrected chi connectivity index (χ4v) is 1.23. The normalized spacial score (nSPS) is 12.2. The van der Waals surface area contributed by atoms with Gasteiger partial charge in [0.1, 0.15) is 5.25 Å². The van der Waals surface area contributed by atoms with E-state index in [1.165, 1.54) is 12.7 Å². The van der Waals surface area contributed by atoms with Gasteiger partial charge in [0.15, 0.2) is 0 Å². The Balaban J connectivity index is -0.000000101. The molecule has 0 saturated carbocycles. The summed E-state index contributed by atoms with van der Waals surface area (Å²) < 4.78 is 69.4. The number of carboxylic acids is 2. The van der Waals surface area contributed by atoms with Crippen LogP contribution in [0.1, 0.15) is 40.0 Å². The molecule has 15 heteroatoms. The number of allylic oxidation sites excluding steroid dienone is 1. The van der Waals surface area contributed by atoms with Gasteiger partial charge in [-0.15, -0.1) is 0 Å². The summed E-state index contributed by atoms with van der Waals surface area (Å²) in [6, 6.07) is 0. The Morgan fingerprint density at radius 1 is 1.13 bits per heavy atom. The van der Waals surface area contributed by atoms with Gasteiger partial charge >= 0.3 is 73.7 Å². The molecule has 0 bridgehead atoms. The molecule has 0 fully saturated rings. The number of halogens is 9. The van der Waals surface area contributed by atoms with Gasteiger partial charge in [-0.2, -0.15) is 44.5 Å². The quantitative estimate of drug-likeness (QED) is 0.0961. The van der Waals surface area contributed by atoms with E-state index in [0.717, 1.165) is 10.3 Å². The van der Waals surface area contributed by atoms with Crippen LogP contribution in [0.2, 0.25) is 0 Å². The van der Waals surface area contributed by atoms with Crippen LogP contribution in [-0.4, -0.2) is 49.9 Å². The van der Waals surface area contributed by atoms with E-state index < -0.39 is 36.0 Å². The van der Waals surface area contributed by atoms with Crippen molar-refractivity contribution in [2.24, 2.45) is 0 Å². The van der Waals surface area contributed by atoms with Gasteiger partial charge < -0.3 is 17.1 Å². The van der Waals surface area contributed by atoms with Crippen LogP contribution in [0.4, 0.5) is 26.3 Å². The van der Waals surface area contributed by atoms with Crippen LogP contribution in [-0.2, 0) is 19.1 Å². The van der Waals surface area contributed by atoms with Gasteiger partial charge in [-0.05, 0) is 12.7 Å². The van der Waals surface area contributed by atoms with Crippen molar-refractivity contribution < 1.29 is 55.6 Å². The van der Waals surface area contributed by atoms with Crippen molar-refractivity contribution in [1.82, 2.24) is 0 Å². The summed E-state index contributed by atoms with van der Waals surface area (Å²) in [6.07, 6.45) is -6.59. The summed E-state index contributed by atoms with van der Waals surface area (Å²) in [7, 11) is 0.628. The van der Waals surface area contributed by atoms with Gasteiger partial charge in [-0.1, -0.05) is 43.4 Å². The number of carboxylic acid groups (broad SMARTS) is 2. The number of aliphatic carboxylic acids is 2. The second-order valence-corrected chi connectivity index (χ2v) is 19.8. The molecule has 0 spiro atoms. The number of thioether (sulfide) groups is 1. The summed E-state index contributed by atoms with van der Waals surface area (Å²) in [6.45, 7) is 9.90. The molecule has 189 valence electrons. The zero-order chi connectivity index (χ0) is 26.3. The molecule has 2 N–H and O–H groups in total. The summed E-state index contributed by atoms with van der Waals surface area (Å²) in [5.74, 6) is -3.03. The minimum atomic E-state index is -4.53. The van der Waals surface area contributed by atoms with Crippen LogP contribution in [0.15, 0.2) is 12.2 Å². The molecule has 0 aromatic heterocycles. The van der Waals surface area contributed by atoms with Crippen molar-refractivity contribution in [3.05, 3.63) is 19.1 Å². The Labute approximate surface area is 226 Å². The molecule has 0 aliphatic heterocycles. The molecule has 0 aliphatic rings. The van der Waals surface area contributed by atoms with Gasteiger partial charge in [-0.3, -0.25) is 4.79 Å². The van der Waals surface area contributed by atoms with E-state index in [2.05, 4.69) is 83.3 Å². The molecule has 0 aromatic rings. The molecule has 0 saturated heterocycles. The predicted molar refractivity (Wildman–Crippen MR) is 136 cm³/mol. The van der Waals surface area contributed by atoms with Crippen LogP contribution in [0.25, 0.3) is 0 Å². The molecule has 4 nitrogen and oxygen atoms in total. The fourth-order valence-electron chi connectivity index (χ4n) is 0.657. The molecule has 2 unspecified atom stereocenters. The zero-order valence-electron chi connectivity index (χ0n) is 17.1. The number of alkyl halides is 7. The first-order valence-corrected chi connectivity index (χ1v) is 19.6. The number of hydrogen-bond donors (Lipinski definition) is 2. The Bertz CT molecular complexity index is 452. The first-order valence-electron chi connectivity index (χ1n) is 8.05. The van der Waals surface area contributed by atoms with Gasteiger partial charge in [0.05, 0.1) is 6.42 Å². The first kappa shape index (κ1) is 42.5. The maximum atomic E-state index is 11.8. The maximum absolute atomic E-state index is 11.8. The average molecular weight is 860 g/mol. The molecule has 31 heavy (non-hydrogen) atoms. The third-order valence-corrected chi connectivity index (χ3v) is 3.87. The van der Waals surface area contributed by atoms with Crippen molar-refractivity contribution in [3.8, 4) is 0 Å². The van der Waals surface area contributed by atoms with Crippen molar-refractivity contribution in [2.45, 2.75) is 61.6 Å². The Morgan fingerprint density at radius 2 is 1.45 bits per heavy atom. The van der Waals surface area contributed by atoms with Crippen LogP contribution >= 0.6 is 74.3 Å². The SMILES string of the molecule is CCC(C)I.CSC(CC(=O)O)C(F)(F)F.O=C(O)/C=C/C(F)(F)F.[CH2-]CC.[I][V][I]. The molecule has 0 aliphatic carbocycles. The number of hydrogen-bond acceptors (Lipinski definition) is 3. The van der Waals surface area contributed by atoms with Crippen LogP contribution in [0.3, 0.4) is 0 Å². The topological polar surface area (TPSA) is 74.6 Å². The van der Waals surface area contributed by atoms with Crippen LogP contribution in [0.5, 0.6) is 0 Å². The second-order valence-electron chi connectivity index (χ2n) is 4.83. The summed E-state index contributed by atoms with van der Waals surface area (Å²) in [5, 5.41) is 14.0. The third kappa shape index (κ3) is 59.3. The standard InChI is InChI=1S/C5H7F3O2S.C4H3F3O2.C4H9I.C3H7.2HI.V/c1-11-3(2-4(9)10)5(6,7)8;5-4(6,7)2-1-3(8)9;1-3-4(2)5;1-3-2;;;/h3H,2H2,1H3,(H,9,10);1-2H,(H,8,9);4H,3H2,1-2H3;1,3H2,2H3;2*1H;/q;;;-1;;;+2/p-2/b;2-1+;;;;;. The second kappa shape index (κ2) is 27.6. The molecular weight excluding hydrogens is 834 g/mol. The molecular formula is C16H26F6I3O4SV-. The molecule has 2 atom stereocenters. The Morgan fingerprint density at radius 3 is 1.52 bits per heavy atom. The first-order chi connectivity index (χ1) is 13.9. The number of rotatable bonds is 5. The molecule has 0 aromatic carbocycles. The van der Waals surface area contributed by atoms with E-state index in [1.54, 1.807) is 0 Å². The van der Waals surface area contributed by atoms with Gasteiger partial charge in [-0.25, -0.2) is 4.79 Å². The van der Waals surface area contributed by atoms with Gasteiger partial charge in [0.2, 0.25) is 0 Å². The van der Waals surface area contributed by atoms with E-state index in [-0.39, 0.29) is 12.2 Å². The number of carbonyl (C=O) groups is 2. The van der Waals surface area contributed by atoms with E-state index in [0.29, 0.717) is 21.2 Å². The predicted octanol–water partition coefficient (Wildman–Crippen LogP) is 8.16. The van der Waals surface area contributed by atoms with E-state index in [9.17, 15) is 35.9 Å². The molecule has 0 radical (unpaired) electrons. The Kier molecular flexibility index (Phi) is 37.9.